The highest BCUT2D eigenvalue weighted by atomic mass is 19.1. The Morgan fingerprint density at radius 2 is 1.32 bits per heavy atom. The third-order valence-electron chi connectivity index (χ3n) is 8.82. The standard InChI is InChI=1S/C37H55FO3/c1-3-5-7-8-9-10-11-13-16-32-22-27-36(35(38)29-32)41-37(39)33-23-25-34(26-24-33)40-28-14-17-31-20-18-30(19-21-31)15-12-6-4-2/h22-27,29-31H,3-21,28H2,1-2H3/t30-,31-. The van der Waals surface area contributed by atoms with E-state index in [1.807, 2.05) is 6.07 Å². The van der Waals surface area contributed by atoms with Gasteiger partial charge in [0, 0.05) is 0 Å². The Morgan fingerprint density at radius 3 is 1.95 bits per heavy atom. The van der Waals surface area contributed by atoms with Crippen molar-refractivity contribution in [2.75, 3.05) is 6.61 Å². The normalized spacial score (nSPS) is 17.0. The number of halogens is 1. The number of carbonyl (C=O) groups is 1. The molecule has 0 saturated heterocycles. The van der Waals surface area contributed by atoms with E-state index >= 15 is 0 Å². The predicted octanol–water partition coefficient (Wildman–Crippen LogP) is 11.3. The van der Waals surface area contributed by atoms with Crippen molar-refractivity contribution in [3.8, 4) is 11.5 Å². The predicted molar refractivity (Wildman–Crippen MR) is 168 cm³/mol. The summed E-state index contributed by atoms with van der Waals surface area (Å²) in [6.45, 7) is 5.21. The molecule has 0 atom stereocenters. The molecule has 41 heavy (non-hydrogen) atoms. The third kappa shape index (κ3) is 13.0. The van der Waals surface area contributed by atoms with Gasteiger partial charge in [-0.1, -0.05) is 116 Å². The van der Waals surface area contributed by atoms with Crippen molar-refractivity contribution in [3.63, 3.8) is 0 Å². The molecule has 228 valence electrons. The summed E-state index contributed by atoms with van der Waals surface area (Å²) in [6, 6.07) is 11.9. The first-order valence-electron chi connectivity index (χ1n) is 16.8. The molecule has 4 heteroatoms. The number of rotatable bonds is 20. The summed E-state index contributed by atoms with van der Waals surface area (Å²) in [6.07, 6.45) is 24.2. The molecule has 1 aliphatic rings. The first-order chi connectivity index (χ1) is 20.1. The van der Waals surface area contributed by atoms with Crippen molar-refractivity contribution in [1.29, 1.82) is 0 Å². The molecule has 2 aromatic rings. The van der Waals surface area contributed by atoms with Crippen LogP contribution in [0.2, 0.25) is 0 Å². The van der Waals surface area contributed by atoms with Crippen molar-refractivity contribution in [2.24, 2.45) is 11.8 Å². The monoisotopic (exact) mass is 566 g/mol. The van der Waals surface area contributed by atoms with Gasteiger partial charge in [0.25, 0.3) is 0 Å². The Morgan fingerprint density at radius 1 is 0.732 bits per heavy atom. The lowest BCUT2D eigenvalue weighted by Crippen LogP contribution is -2.15. The summed E-state index contributed by atoms with van der Waals surface area (Å²) in [5.74, 6) is 1.48. The Hall–Kier alpha value is -2.36. The zero-order valence-electron chi connectivity index (χ0n) is 25.9. The molecule has 3 nitrogen and oxygen atoms in total. The van der Waals surface area contributed by atoms with Gasteiger partial charge in [-0.25, -0.2) is 9.18 Å². The van der Waals surface area contributed by atoms with Crippen LogP contribution in [0.15, 0.2) is 42.5 Å². The van der Waals surface area contributed by atoms with Crippen LogP contribution in [0.3, 0.4) is 0 Å². The van der Waals surface area contributed by atoms with Gasteiger partial charge >= 0.3 is 5.97 Å². The maximum absolute atomic E-state index is 14.6. The second kappa shape index (κ2) is 19.7. The fraction of sp³-hybridized carbons (Fsp3) is 0.649. The van der Waals surface area contributed by atoms with Crippen molar-refractivity contribution in [1.82, 2.24) is 0 Å². The number of benzene rings is 2. The lowest BCUT2D eigenvalue weighted by molar-refractivity contribution is 0.0727. The van der Waals surface area contributed by atoms with Crippen LogP contribution in [-0.4, -0.2) is 12.6 Å². The van der Waals surface area contributed by atoms with Crippen LogP contribution >= 0.6 is 0 Å². The maximum Gasteiger partial charge on any atom is 0.343 e. The Bertz CT molecular complexity index is 978. The van der Waals surface area contributed by atoms with Gasteiger partial charge in [-0.15, -0.1) is 0 Å². The summed E-state index contributed by atoms with van der Waals surface area (Å²) >= 11 is 0. The quantitative estimate of drug-likeness (QED) is 0.0908. The largest absolute Gasteiger partial charge is 0.494 e. The summed E-state index contributed by atoms with van der Waals surface area (Å²) < 4.78 is 25.9. The highest BCUT2D eigenvalue weighted by molar-refractivity contribution is 5.91. The van der Waals surface area contributed by atoms with Gasteiger partial charge in [-0.3, -0.25) is 0 Å². The van der Waals surface area contributed by atoms with Gasteiger partial charge in [0.05, 0.1) is 12.2 Å². The second-order valence-electron chi connectivity index (χ2n) is 12.3. The number of aryl methyl sites for hydroxylation is 1. The van der Waals surface area contributed by atoms with E-state index < -0.39 is 11.8 Å². The maximum atomic E-state index is 14.6. The molecule has 0 aliphatic heterocycles. The Kier molecular flexibility index (Phi) is 15.9. The summed E-state index contributed by atoms with van der Waals surface area (Å²) in [4.78, 5) is 12.6. The van der Waals surface area contributed by atoms with Gasteiger partial charge in [0.2, 0.25) is 0 Å². The molecule has 0 heterocycles. The number of ether oxygens (including phenoxy) is 2. The molecule has 0 spiro atoms. The van der Waals surface area contributed by atoms with Gasteiger partial charge < -0.3 is 9.47 Å². The first kappa shape index (κ1) is 33.1. The van der Waals surface area contributed by atoms with E-state index in [-0.39, 0.29) is 5.75 Å². The molecule has 0 unspecified atom stereocenters. The van der Waals surface area contributed by atoms with E-state index in [2.05, 4.69) is 13.8 Å². The molecule has 2 aromatic carbocycles. The lowest BCUT2D eigenvalue weighted by atomic mass is 9.78. The molecule has 0 N–H and O–H groups in total. The molecular weight excluding hydrogens is 511 g/mol. The minimum Gasteiger partial charge on any atom is -0.494 e. The molecule has 1 fully saturated rings. The van der Waals surface area contributed by atoms with Crippen molar-refractivity contribution >= 4 is 5.97 Å². The molecule has 0 bridgehead atoms. The topological polar surface area (TPSA) is 35.5 Å². The third-order valence-corrected chi connectivity index (χ3v) is 8.82. The summed E-state index contributed by atoms with van der Waals surface area (Å²) in [7, 11) is 0. The van der Waals surface area contributed by atoms with Crippen molar-refractivity contribution in [2.45, 2.75) is 136 Å². The lowest BCUT2D eigenvalue weighted by Gasteiger charge is -2.28. The van der Waals surface area contributed by atoms with E-state index in [0.717, 1.165) is 42.4 Å². The van der Waals surface area contributed by atoms with Crippen LogP contribution in [0.5, 0.6) is 11.5 Å². The zero-order valence-corrected chi connectivity index (χ0v) is 25.9. The number of hydrogen-bond acceptors (Lipinski definition) is 3. The van der Waals surface area contributed by atoms with E-state index in [1.165, 1.54) is 109 Å². The summed E-state index contributed by atoms with van der Waals surface area (Å²) in [5.41, 5.74) is 1.33. The number of esters is 1. The summed E-state index contributed by atoms with van der Waals surface area (Å²) in [5, 5.41) is 0. The number of unbranched alkanes of at least 4 members (excludes halogenated alkanes) is 9. The Labute approximate surface area is 249 Å². The molecule has 1 saturated carbocycles. The van der Waals surface area contributed by atoms with Crippen LogP contribution in [-0.2, 0) is 6.42 Å². The Balaban J connectivity index is 1.30. The van der Waals surface area contributed by atoms with Crippen LogP contribution in [0.4, 0.5) is 4.39 Å². The fourth-order valence-electron chi connectivity index (χ4n) is 6.15. The van der Waals surface area contributed by atoms with E-state index in [4.69, 9.17) is 9.47 Å². The highest BCUT2D eigenvalue weighted by Crippen LogP contribution is 2.34. The molecule has 3 rings (SSSR count). The molecule has 0 aromatic heterocycles. The van der Waals surface area contributed by atoms with E-state index in [1.54, 1.807) is 30.3 Å². The van der Waals surface area contributed by atoms with Gasteiger partial charge in [-0.05, 0) is 79.5 Å². The zero-order chi connectivity index (χ0) is 29.1. The SMILES string of the molecule is CCCCCCCCCCc1ccc(OC(=O)c2ccc(OCCC[C@H]3CC[C@H](CCCCC)CC3)cc2)c(F)c1. The van der Waals surface area contributed by atoms with Gasteiger partial charge in [0.1, 0.15) is 5.75 Å². The minimum atomic E-state index is -0.559. The number of carbonyl (C=O) groups excluding carboxylic acids is 1. The highest BCUT2D eigenvalue weighted by Gasteiger charge is 2.20. The van der Waals surface area contributed by atoms with E-state index in [0.29, 0.717) is 12.2 Å². The van der Waals surface area contributed by atoms with Gasteiger partial charge in [-0.2, -0.15) is 0 Å². The van der Waals surface area contributed by atoms with Crippen LogP contribution in [0.1, 0.15) is 145 Å². The second-order valence-corrected chi connectivity index (χ2v) is 12.3. The minimum absolute atomic E-state index is 0.0232. The fourth-order valence-corrected chi connectivity index (χ4v) is 6.15. The first-order valence-corrected chi connectivity index (χ1v) is 16.8. The van der Waals surface area contributed by atoms with Crippen LogP contribution in [0.25, 0.3) is 0 Å². The molecular formula is C37H55FO3. The van der Waals surface area contributed by atoms with Crippen molar-refractivity contribution in [3.05, 3.63) is 59.4 Å². The molecule has 0 radical (unpaired) electrons. The average molecular weight is 567 g/mol. The average Bonchev–Trinajstić information content (AvgIpc) is 2.99. The van der Waals surface area contributed by atoms with E-state index in [9.17, 15) is 9.18 Å². The smallest absolute Gasteiger partial charge is 0.343 e. The van der Waals surface area contributed by atoms with Gasteiger partial charge in [0.15, 0.2) is 11.6 Å². The molecule has 0 amide bonds. The van der Waals surface area contributed by atoms with Crippen LogP contribution < -0.4 is 9.47 Å². The van der Waals surface area contributed by atoms with Crippen LogP contribution in [0, 0.1) is 17.7 Å². The van der Waals surface area contributed by atoms with Crippen molar-refractivity contribution < 1.29 is 18.7 Å². The molecule has 1 aliphatic carbocycles. The number of hydrogen-bond donors (Lipinski definition) is 0.